The molecular formula is C50H31N7O2S. The molecule has 284 valence electrons. The van der Waals surface area contributed by atoms with Gasteiger partial charge < -0.3 is 9.88 Å². The molecule has 11 rings (SSSR count). The SMILES string of the molecule is N#Cc1ccc(S(=O)(=O)c2ccc(-n3c4cc5c6ccccc6n(-c6ccccn6)c5cc4c4ccc(Nc5cnc6ccccc6n5)c(-c5ccccc5)c43)cc2)cc1. The molecule has 9 nitrogen and oxygen atoms in total. The maximum absolute atomic E-state index is 13.9. The van der Waals surface area contributed by atoms with Gasteiger partial charge in [-0.15, -0.1) is 0 Å². The Morgan fingerprint density at radius 1 is 0.567 bits per heavy atom. The molecule has 0 fully saturated rings. The summed E-state index contributed by atoms with van der Waals surface area (Å²) in [5.74, 6) is 1.42. The van der Waals surface area contributed by atoms with E-state index in [2.05, 4.69) is 80.1 Å². The summed E-state index contributed by atoms with van der Waals surface area (Å²) in [6.07, 6.45) is 3.56. The highest BCUT2D eigenvalue weighted by atomic mass is 32.2. The molecular weight excluding hydrogens is 763 g/mol. The minimum absolute atomic E-state index is 0.122. The van der Waals surface area contributed by atoms with E-state index in [1.165, 1.54) is 24.3 Å². The molecule has 0 aliphatic heterocycles. The van der Waals surface area contributed by atoms with Gasteiger partial charge in [-0.25, -0.2) is 18.4 Å². The van der Waals surface area contributed by atoms with Crippen LogP contribution in [-0.2, 0) is 9.84 Å². The second kappa shape index (κ2) is 13.8. The van der Waals surface area contributed by atoms with Crippen LogP contribution in [0.2, 0.25) is 0 Å². The number of hydrogen-bond donors (Lipinski definition) is 1. The zero-order chi connectivity index (χ0) is 40.4. The van der Waals surface area contributed by atoms with E-state index in [9.17, 15) is 13.7 Å². The van der Waals surface area contributed by atoms with Crippen LogP contribution in [0, 0.1) is 11.3 Å². The number of sulfone groups is 1. The van der Waals surface area contributed by atoms with E-state index in [1.807, 2.05) is 85.1 Å². The monoisotopic (exact) mass is 793 g/mol. The molecule has 11 aromatic rings. The number of nitrogens with one attached hydrogen (secondary N) is 1. The van der Waals surface area contributed by atoms with Gasteiger partial charge in [0.1, 0.15) is 11.6 Å². The minimum Gasteiger partial charge on any atom is -0.338 e. The molecule has 7 aromatic carbocycles. The summed E-state index contributed by atoms with van der Waals surface area (Å²) < 4.78 is 32.2. The van der Waals surface area contributed by atoms with E-state index < -0.39 is 9.84 Å². The summed E-state index contributed by atoms with van der Waals surface area (Å²) in [7, 11) is -3.87. The van der Waals surface area contributed by atoms with E-state index in [0.29, 0.717) is 11.4 Å². The van der Waals surface area contributed by atoms with Gasteiger partial charge >= 0.3 is 0 Å². The van der Waals surface area contributed by atoms with Gasteiger partial charge in [0, 0.05) is 44.7 Å². The van der Waals surface area contributed by atoms with E-state index in [1.54, 1.807) is 18.3 Å². The number of fused-ring (bicyclic) bond motifs is 7. The smallest absolute Gasteiger partial charge is 0.206 e. The highest BCUT2D eigenvalue weighted by Gasteiger charge is 2.24. The molecule has 0 saturated carbocycles. The predicted molar refractivity (Wildman–Crippen MR) is 238 cm³/mol. The van der Waals surface area contributed by atoms with Crippen molar-refractivity contribution in [1.29, 1.82) is 5.26 Å². The van der Waals surface area contributed by atoms with Crippen molar-refractivity contribution in [3.8, 4) is 28.7 Å². The Bertz CT molecular complexity index is 3630. The molecule has 0 amide bonds. The average Bonchev–Trinajstić information content (AvgIpc) is 3.80. The normalized spacial score (nSPS) is 11.8. The predicted octanol–water partition coefficient (Wildman–Crippen LogP) is 11.3. The third-order valence-electron chi connectivity index (χ3n) is 11.1. The molecule has 0 unspecified atom stereocenters. The van der Waals surface area contributed by atoms with Crippen LogP contribution in [0.5, 0.6) is 0 Å². The molecule has 0 bridgehead atoms. The Hall–Kier alpha value is -8.13. The van der Waals surface area contributed by atoms with Gasteiger partial charge in [0.2, 0.25) is 9.84 Å². The van der Waals surface area contributed by atoms with Crippen LogP contribution in [0.15, 0.2) is 192 Å². The first kappa shape index (κ1) is 35.1. The molecule has 0 atom stereocenters. The Morgan fingerprint density at radius 3 is 1.98 bits per heavy atom. The fourth-order valence-corrected chi connectivity index (χ4v) is 9.60. The highest BCUT2D eigenvalue weighted by molar-refractivity contribution is 7.91. The third-order valence-corrected chi connectivity index (χ3v) is 12.9. The largest absolute Gasteiger partial charge is 0.338 e. The standard InChI is InChI=1S/C50H31N7O2S/c51-30-32-17-21-35(22-18-32)60(58,59)36-23-19-34(20-24-36)56-45-28-39-37-12-4-7-15-44(37)57(48-16-8-9-27-52-48)46(39)29-40(45)38-25-26-43(49(50(38)56)33-10-2-1-3-11-33)55-47-31-53-41-13-5-6-14-42(41)54-47/h1-29,31H,(H,54,55). The first-order valence-electron chi connectivity index (χ1n) is 19.3. The summed E-state index contributed by atoms with van der Waals surface area (Å²) in [6.45, 7) is 0. The van der Waals surface area contributed by atoms with Crippen LogP contribution in [0.4, 0.5) is 11.5 Å². The van der Waals surface area contributed by atoms with Crippen molar-refractivity contribution < 1.29 is 8.42 Å². The Balaban J connectivity index is 1.21. The average molecular weight is 794 g/mol. The summed E-state index contributed by atoms with van der Waals surface area (Å²) in [4.78, 5) is 14.6. The third kappa shape index (κ3) is 5.60. The van der Waals surface area contributed by atoms with E-state index in [4.69, 9.17) is 9.97 Å². The van der Waals surface area contributed by atoms with Crippen molar-refractivity contribution in [1.82, 2.24) is 24.1 Å². The van der Waals surface area contributed by atoms with E-state index >= 15 is 0 Å². The maximum Gasteiger partial charge on any atom is 0.206 e. The molecule has 60 heavy (non-hydrogen) atoms. The minimum atomic E-state index is -3.87. The zero-order valence-electron chi connectivity index (χ0n) is 31.7. The molecule has 0 spiro atoms. The van der Waals surface area contributed by atoms with Crippen molar-refractivity contribution in [2.24, 2.45) is 0 Å². The Labute approximate surface area is 344 Å². The number of nitrogens with zero attached hydrogens (tertiary/aromatic N) is 6. The highest BCUT2D eigenvalue weighted by Crippen LogP contribution is 2.45. The van der Waals surface area contributed by atoms with Gasteiger partial charge in [-0.2, -0.15) is 5.26 Å². The Kier molecular flexibility index (Phi) is 8.04. The van der Waals surface area contributed by atoms with Gasteiger partial charge in [0.25, 0.3) is 0 Å². The number of para-hydroxylation sites is 3. The molecule has 4 aromatic heterocycles. The number of hydrogen-bond acceptors (Lipinski definition) is 7. The van der Waals surface area contributed by atoms with Crippen molar-refractivity contribution in [2.75, 3.05) is 5.32 Å². The second-order valence-electron chi connectivity index (χ2n) is 14.5. The topological polar surface area (TPSA) is 118 Å². The van der Waals surface area contributed by atoms with Gasteiger partial charge in [-0.1, -0.05) is 72.8 Å². The Morgan fingerprint density at radius 2 is 1.23 bits per heavy atom. The lowest BCUT2D eigenvalue weighted by molar-refractivity contribution is 0.596. The molecule has 10 heteroatoms. The van der Waals surface area contributed by atoms with Crippen LogP contribution in [-0.4, -0.2) is 32.5 Å². The fourth-order valence-electron chi connectivity index (χ4n) is 8.34. The van der Waals surface area contributed by atoms with Crippen LogP contribution < -0.4 is 5.32 Å². The molecule has 4 heterocycles. The second-order valence-corrected chi connectivity index (χ2v) is 16.5. The molecule has 0 saturated heterocycles. The van der Waals surface area contributed by atoms with Crippen molar-refractivity contribution in [2.45, 2.75) is 9.79 Å². The summed E-state index contributed by atoms with van der Waals surface area (Å²) in [6, 6.07) is 56.1. The zero-order valence-corrected chi connectivity index (χ0v) is 32.5. The van der Waals surface area contributed by atoms with E-state index in [-0.39, 0.29) is 9.79 Å². The lowest BCUT2D eigenvalue weighted by Crippen LogP contribution is -2.03. The number of rotatable bonds is 7. The van der Waals surface area contributed by atoms with Crippen molar-refractivity contribution in [3.63, 3.8) is 0 Å². The summed E-state index contributed by atoms with van der Waals surface area (Å²) in [5, 5.41) is 17.1. The molecule has 0 aliphatic rings. The number of pyridine rings is 1. The van der Waals surface area contributed by atoms with Gasteiger partial charge in [0.15, 0.2) is 0 Å². The van der Waals surface area contributed by atoms with Crippen LogP contribution in [0.25, 0.3) is 77.3 Å². The number of benzene rings is 7. The number of aromatic nitrogens is 5. The fraction of sp³-hybridized carbons (Fsp3) is 0. The van der Waals surface area contributed by atoms with Gasteiger partial charge in [0.05, 0.1) is 60.7 Å². The number of anilines is 2. The molecule has 0 radical (unpaired) electrons. The van der Waals surface area contributed by atoms with Crippen molar-refractivity contribution >= 4 is 76.0 Å². The summed E-state index contributed by atoms with van der Waals surface area (Å²) in [5.41, 5.74) is 9.44. The first-order chi connectivity index (χ1) is 29.5. The van der Waals surface area contributed by atoms with Crippen LogP contribution >= 0.6 is 0 Å². The van der Waals surface area contributed by atoms with Gasteiger partial charge in [-0.05, 0) is 103 Å². The first-order valence-corrected chi connectivity index (χ1v) is 20.8. The number of nitriles is 1. The summed E-state index contributed by atoms with van der Waals surface area (Å²) >= 11 is 0. The van der Waals surface area contributed by atoms with Gasteiger partial charge in [-0.3, -0.25) is 9.55 Å². The molecule has 1 N–H and O–H groups in total. The lowest BCUT2D eigenvalue weighted by Gasteiger charge is -2.17. The molecule has 0 aliphatic carbocycles. The lowest BCUT2D eigenvalue weighted by atomic mass is 9.99. The quantitative estimate of drug-likeness (QED) is 0.171. The van der Waals surface area contributed by atoms with E-state index in [0.717, 1.165) is 83.0 Å². The van der Waals surface area contributed by atoms with Crippen molar-refractivity contribution in [3.05, 3.63) is 188 Å². The maximum atomic E-state index is 13.9. The van der Waals surface area contributed by atoms with Crippen LogP contribution in [0.1, 0.15) is 5.56 Å². The van der Waals surface area contributed by atoms with Crippen LogP contribution in [0.3, 0.4) is 0 Å².